The van der Waals surface area contributed by atoms with E-state index in [4.69, 9.17) is 4.74 Å². The average Bonchev–Trinajstić information content (AvgIpc) is 2.48. The van der Waals surface area contributed by atoms with Crippen LogP contribution in [0.3, 0.4) is 0 Å². The molecule has 2 rings (SSSR count). The highest BCUT2D eigenvalue weighted by Crippen LogP contribution is 2.20. The number of piperazine rings is 1. The van der Waals surface area contributed by atoms with Gasteiger partial charge in [-0.3, -0.25) is 14.5 Å². The fourth-order valence-electron chi connectivity index (χ4n) is 3.11. The van der Waals surface area contributed by atoms with Gasteiger partial charge in [-0.15, -0.1) is 0 Å². The predicted octanol–water partition coefficient (Wildman–Crippen LogP) is 0.0818. The molecule has 0 atom stereocenters. The van der Waals surface area contributed by atoms with Gasteiger partial charge in [0.2, 0.25) is 5.91 Å². The lowest BCUT2D eigenvalue weighted by atomic mass is 9.96. The number of methoxy groups -OCH3 is 1. The molecule has 1 N–H and O–H groups in total. The Balaban J connectivity index is 1.83. The van der Waals surface area contributed by atoms with Gasteiger partial charge < -0.3 is 15.0 Å². The van der Waals surface area contributed by atoms with Gasteiger partial charge in [-0.05, 0) is 26.7 Å². The third-order valence-electron chi connectivity index (χ3n) is 4.68. The van der Waals surface area contributed by atoms with Crippen LogP contribution < -0.4 is 5.32 Å². The lowest BCUT2D eigenvalue weighted by Crippen LogP contribution is -2.60. The van der Waals surface area contributed by atoms with Crippen molar-refractivity contribution in [3.63, 3.8) is 0 Å². The molecule has 0 aromatic rings. The summed E-state index contributed by atoms with van der Waals surface area (Å²) in [5, 5.41) is 3.36. The zero-order valence-corrected chi connectivity index (χ0v) is 13.4. The van der Waals surface area contributed by atoms with Gasteiger partial charge in [0, 0.05) is 38.3 Å². The summed E-state index contributed by atoms with van der Waals surface area (Å²) in [6.45, 7) is 8.85. The fraction of sp³-hybridized carbons (Fsp3) is 0.867. The van der Waals surface area contributed by atoms with Gasteiger partial charge in [0.1, 0.15) is 0 Å². The summed E-state index contributed by atoms with van der Waals surface area (Å²) in [4.78, 5) is 28.1. The number of piperidine rings is 1. The van der Waals surface area contributed by atoms with Gasteiger partial charge >= 0.3 is 5.97 Å². The van der Waals surface area contributed by atoms with Crippen molar-refractivity contribution in [2.45, 2.75) is 32.2 Å². The summed E-state index contributed by atoms with van der Waals surface area (Å²) >= 11 is 0. The Hall–Kier alpha value is -1.14. The number of hydrogen-bond acceptors (Lipinski definition) is 5. The molecule has 0 aromatic heterocycles. The normalized spacial score (nSPS) is 23.9. The number of carbonyl (C=O) groups excluding carboxylic acids is 2. The van der Waals surface area contributed by atoms with Crippen molar-refractivity contribution < 1.29 is 14.3 Å². The minimum Gasteiger partial charge on any atom is -0.469 e. The van der Waals surface area contributed by atoms with Crippen LogP contribution in [0.2, 0.25) is 0 Å². The van der Waals surface area contributed by atoms with E-state index in [1.807, 2.05) is 4.90 Å². The lowest BCUT2D eigenvalue weighted by molar-refractivity contribution is -0.149. The molecular weight excluding hydrogens is 270 g/mol. The first-order chi connectivity index (χ1) is 9.94. The molecule has 1 amide bonds. The number of esters is 1. The topological polar surface area (TPSA) is 61.9 Å². The van der Waals surface area contributed by atoms with Crippen molar-refractivity contribution in [1.29, 1.82) is 0 Å². The van der Waals surface area contributed by atoms with E-state index in [1.54, 1.807) is 0 Å². The molecule has 2 fully saturated rings. The second kappa shape index (κ2) is 6.75. The van der Waals surface area contributed by atoms with E-state index in [-0.39, 0.29) is 23.3 Å². The van der Waals surface area contributed by atoms with Crippen LogP contribution in [0.5, 0.6) is 0 Å². The number of likely N-dealkylation sites (tertiary alicyclic amines) is 1. The molecule has 2 aliphatic heterocycles. The van der Waals surface area contributed by atoms with E-state index in [0.717, 1.165) is 19.6 Å². The molecule has 0 aromatic carbocycles. The second-order valence-electron chi connectivity index (χ2n) is 6.59. The Morgan fingerprint density at radius 3 is 2.48 bits per heavy atom. The largest absolute Gasteiger partial charge is 0.469 e. The third kappa shape index (κ3) is 3.95. The minimum atomic E-state index is -0.148. The van der Waals surface area contributed by atoms with Crippen LogP contribution in [-0.4, -0.2) is 73.6 Å². The standard InChI is InChI=1S/C15H27N3O3/c1-15(2)11-16-6-9-18(15)10-13(19)17-7-4-12(5-8-17)14(20)21-3/h12,16H,4-11H2,1-3H3. The first-order valence-corrected chi connectivity index (χ1v) is 7.75. The molecule has 2 saturated heterocycles. The van der Waals surface area contributed by atoms with E-state index in [2.05, 4.69) is 24.1 Å². The molecule has 0 bridgehead atoms. The fourth-order valence-corrected chi connectivity index (χ4v) is 3.11. The zero-order valence-electron chi connectivity index (χ0n) is 13.4. The average molecular weight is 297 g/mol. The van der Waals surface area contributed by atoms with Crippen molar-refractivity contribution in [3.05, 3.63) is 0 Å². The summed E-state index contributed by atoms with van der Waals surface area (Å²) in [5.74, 6) is -0.0201. The number of carbonyl (C=O) groups is 2. The number of rotatable bonds is 3. The maximum Gasteiger partial charge on any atom is 0.308 e. The predicted molar refractivity (Wildman–Crippen MR) is 79.8 cm³/mol. The third-order valence-corrected chi connectivity index (χ3v) is 4.68. The van der Waals surface area contributed by atoms with E-state index >= 15 is 0 Å². The van der Waals surface area contributed by atoms with Crippen LogP contribution >= 0.6 is 0 Å². The number of nitrogens with one attached hydrogen (secondary N) is 1. The number of ether oxygens (including phenoxy) is 1. The van der Waals surface area contributed by atoms with Crippen molar-refractivity contribution >= 4 is 11.9 Å². The maximum atomic E-state index is 12.4. The number of nitrogens with zero attached hydrogens (tertiary/aromatic N) is 2. The summed E-state index contributed by atoms with van der Waals surface area (Å²) in [5.41, 5.74) is 0.0122. The van der Waals surface area contributed by atoms with Gasteiger partial charge in [-0.2, -0.15) is 0 Å². The smallest absolute Gasteiger partial charge is 0.308 e. The molecule has 0 unspecified atom stereocenters. The van der Waals surface area contributed by atoms with E-state index in [0.29, 0.717) is 32.5 Å². The van der Waals surface area contributed by atoms with Gasteiger partial charge in [-0.25, -0.2) is 0 Å². The highest BCUT2D eigenvalue weighted by atomic mass is 16.5. The SMILES string of the molecule is COC(=O)C1CCN(C(=O)CN2CCNCC2(C)C)CC1. The number of amides is 1. The molecule has 2 aliphatic rings. The summed E-state index contributed by atoms with van der Waals surface area (Å²) in [7, 11) is 1.42. The minimum absolute atomic E-state index is 0.0122. The highest BCUT2D eigenvalue weighted by molar-refractivity contribution is 5.79. The second-order valence-corrected chi connectivity index (χ2v) is 6.59. The maximum absolute atomic E-state index is 12.4. The Morgan fingerprint density at radius 1 is 1.24 bits per heavy atom. The van der Waals surface area contributed by atoms with Crippen LogP contribution in [-0.2, 0) is 14.3 Å². The first-order valence-electron chi connectivity index (χ1n) is 7.75. The molecule has 120 valence electrons. The molecular formula is C15H27N3O3. The van der Waals surface area contributed by atoms with E-state index in [9.17, 15) is 9.59 Å². The zero-order chi connectivity index (χ0) is 15.5. The van der Waals surface area contributed by atoms with Crippen LogP contribution in [0.25, 0.3) is 0 Å². The molecule has 6 heteroatoms. The van der Waals surface area contributed by atoms with Gasteiger partial charge in [-0.1, -0.05) is 0 Å². The Labute approximate surface area is 126 Å². The molecule has 21 heavy (non-hydrogen) atoms. The monoisotopic (exact) mass is 297 g/mol. The van der Waals surface area contributed by atoms with Crippen molar-refractivity contribution in [2.24, 2.45) is 5.92 Å². The van der Waals surface area contributed by atoms with Crippen molar-refractivity contribution in [1.82, 2.24) is 15.1 Å². The van der Waals surface area contributed by atoms with Crippen molar-refractivity contribution in [2.75, 3.05) is 46.4 Å². The Kier molecular flexibility index (Phi) is 5.22. The Morgan fingerprint density at radius 2 is 1.90 bits per heavy atom. The molecule has 2 heterocycles. The van der Waals surface area contributed by atoms with Gasteiger partial charge in [0.15, 0.2) is 0 Å². The van der Waals surface area contributed by atoms with Crippen LogP contribution in [0, 0.1) is 5.92 Å². The van der Waals surface area contributed by atoms with Crippen molar-refractivity contribution in [3.8, 4) is 0 Å². The van der Waals surface area contributed by atoms with E-state index < -0.39 is 0 Å². The lowest BCUT2D eigenvalue weighted by Gasteiger charge is -2.43. The van der Waals surface area contributed by atoms with Crippen LogP contribution in [0.15, 0.2) is 0 Å². The molecule has 6 nitrogen and oxygen atoms in total. The molecule has 0 aliphatic carbocycles. The summed E-state index contributed by atoms with van der Waals surface area (Å²) < 4.78 is 4.78. The summed E-state index contributed by atoms with van der Waals surface area (Å²) in [6.07, 6.45) is 1.42. The van der Waals surface area contributed by atoms with Gasteiger partial charge in [0.25, 0.3) is 0 Å². The molecule has 0 spiro atoms. The van der Waals surface area contributed by atoms with Crippen LogP contribution in [0.1, 0.15) is 26.7 Å². The van der Waals surface area contributed by atoms with E-state index in [1.165, 1.54) is 7.11 Å². The van der Waals surface area contributed by atoms with Crippen LogP contribution in [0.4, 0.5) is 0 Å². The quantitative estimate of drug-likeness (QED) is 0.748. The summed E-state index contributed by atoms with van der Waals surface area (Å²) in [6, 6.07) is 0. The molecule has 0 radical (unpaired) electrons. The highest BCUT2D eigenvalue weighted by Gasteiger charge is 2.33. The van der Waals surface area contributed by atoms with Gasteiger partial charge in [0.05, 0.1) is 19.6 Å². The Bertz CT molecular complexity index is 390. The number of hydrogen-bond donors (Lipinski definition) is 1. The first kappa shape index (κ1) is 16.2. The molecule has 0 saturated carbocycles.